The number of nitrogens with one attached hydrogen (secondary N) is 1. The lowest BCUT2D eigenvalue weighted by atomic mass is 10.0. The highest BCUT2D eigenvalue weighted by Crippen LogP contribution is 2.25. The number of carbonyl (C=O) groups excluding carboxylic acids is 1. The smallest absolute Gasteiger partial charge is 0.272 e. The molecule has 0 unspecified atom stereocenters. The first-order valence-electron chi connectivity index (χ1n) is 10.2. The van der Waals surface area contributed by atoms with Crippen LogP contribution in [0.4, 0.5) is 5.69 Å². The zero-order chi connectivity index (χ0) is 20.5. The Hall–Kier alpha value is -3.08. The molecule has 4 rings (SSSR count). The SMILES string of the molecule is Cc1cccc(N2CCN(C(=O)c3cc(-c4ccc(C)cc4C)n[nH]3)C[C@@H]2C)c1. The minimum atomic E-state index is 0.0178. The zero-order valence-corrected chi connectivity index (χ0v) is 17.6. The van der Waals surface area contributed by atoms with Crippen molar-refractivity contribution in [2.45, 2.75) is 33.7 Å². The van der Waals surface area contributed by atoms with Crippen molar-refractivity contribution in [3.8, 4) is 11.3 Å². The summed E-state index contributed by atoms with van der Waals surface area (Å²) in [6.45, 7) is 10.7. The molecule has 5 heteroatoms. The predicted molar refractivity (Wildman–Crippen MR) is 117 cm³/mol. The molecule has 1 amide bonds. The maximum atomic E-state index is 13.1. The number of rotatable bonds is 3. The summed E-state index contributed by atoms with van der Waals surface area (Å²) >= 11 is 0. The van der Waals surface area contributed by atoms with E-state index in [1.54, 1.807) is 0 Å². The van der Waals surface area contributed by atoms with Crippen molar-refractivity contribution in [3.63, 3.8) is 0 Å². The molecule has 0 bridgehead atoms. The third-order valence-corrected chi connectivity index (χ3v) is 5.71. The van der Waals surface area contributed by atoms with Gasteiger partial charge in [-0.2, -0.15) is 5.10 Å². The monoisotopic (exact) mass is 388 g/mol. The van der Waals surface area contributed by atoms with Crippen LogP contribution < -0.4 is 4.90 Å². The highest BCUT2D eigenvalue weighted by atomic mass is 16.2. The van der Waals surface area contributed by atoms with Crippen LogP contribution in [0.25, 0.3) is 11.3 Å². The number of piperazine rings is 1. The largest absolute Gasteiger partial charge is 0.365 e. The number of aromatic amines is 1. The summed E-state index contributed by atoms with van der Waals surface area (Å²) in [4.78, 5) is 17.4. The first-order valence-corrected chi connectivity index (χ1v) is 10.2. The van der Waals surface area contributed by atoms with Crippen molar-refractivity contribution >= 4 is 11.6 Å². The summed E-state index contributed by atoms with van der Waals surface area (Å²) in [5, 5.41) is 7.35. The fourth-order valence-electron chi connectivity index (χ4n) is 4.17. The average molecular weight is 389 g/mol. The lowest BCUT2D eigenvalue weighted by molar-refractivity contribution is 0.0720. The standard InChI is InChI=1S/C24H28N4O/c1-16-6-5-7-20(13-16)28-11-10-27(15-19(28)4)24(29)23-14-22(25-26-23)21-9-8-17(2)12-18(21)3/h5-9,12-14,19H,10-11,15H2,1-4H3,(H,25,26)/t19-/m0/s1. The second-order valence-corrected chi connectivity index (χ2v) is 8.12. The Balaban J connectivity index is 1.48. The van der Waals surface area contributed by atoms with Crippen molar-refractivity contribution in [3.05, 3.63) is 70.9 Å². The quantitative estimate of drug-likeness (QED) is 0.726. The van der Waals surface area contributed by atoms with Gasteiger partial charge in [0.05, 0.1) is 5.69 Å². The molecule has 1 saturated heterocycles. The molecule has 1 N–H and O–H groups in total. The van der Waals surface area contributed by atoms with Gasteiger partial charge in [0.15, 0.2) is 0 Å². The Kier molecular flexibility index (Phi) is 5.14. The number of benzene rings is 2. The van der Waals surface area contributed by atoms with E-state index < -0.39 is 0 Å². The van der Waals surface area contributed by atoms with E-state index in [9.17, 15) is 4.79 Å². The molecule has 0 radical (unpaired) electrons. The molecule has 2 aromatic carbocycles. The number of carbonyl (C=O) groups is 1. The Bertz CT molecular complexity index is 1040. The van der Waals surface area contributed by atoms with E-state index in [-0.39, 0.29) is 11.9 Å². The molecular weight excluding hydrogens is 360 g/mol. The van der Waals surface area contributed by atoms with Crippen LogP contribution in [0.1, 0.15) is 34.1 Å². The van der Waals surface area contributed by atoms with Gasteiger partial charge in [0.1, 0.15) is 5.69 Å². The second kappa shape index (κ2) is 7.74. The fourth-order valence-corrected chi connectivity index (χ4v) is 4.17. The number of amides is 1. The van der Waals surface area contributed by atoms with Gasteiger partial charge < -0.3 is 9.80 Å². The molecule has 0 spiro atoms. The highest BCUT2D eigenvalue weighted by Gasteiger charge is 2.28. The van der Waals surface area contributed by atoms with Crippen LogP contribution in [0.15, 0.2) is 48.5 Å². The van der Waals surface area contributed by atoms with Gasteiger partial charge in [-0.3, -0.25) is 9.89 Å². The van der Waals surface area contributed by atoms with Crippen LogP contribution in [0, 0.1) is 20.8 Å². The summed E-state index contributed by atoms with van der Waals surface area (Å²) in [6, 6.07) is 17.0. The van der Waals surface area contributed by atoms with Crippen LogP contribution in [0.2, 0.25) is 0 Å². The number of hydrogen-bond donors (Lipinski definition) is 1. The van der Waals surface area contributed by atoms with E-state index in [1.165, 1.54) is 16.8 Å². The van der Waals surface area contributed by atoms with Crippen LogP contribution in [-0.2, 0) is 0 Å². The van der Waals surface area contributed by atoms with E-state index in [2.05, 4.69) is 85.3 Å². The van der Waals surface area contributed by atoms with E-state index in [1.807, 2.05) is 11.0 Å². The van der Waals surface area contributed by atoms with Gasteiger partial charge in [0, 0.05) is 36.9 Å². The third kappa shape index (κ3) is 3.90. The molecule has 3 aromatic rings. The van der Waals surface area contributed by atoms with Crippen LogP contribution in [0.3, 0.4) is 0 Å². The molecule has 1 fully saturated rings. The minimum Gasteiger partial charge on any atom is -0.365 e. The third-order valence-electron chi connectivity index (χ3n) is 5.71. The number of nitrogens with zero attached hydrogens (tertiary/aromatic N) is 3. The predicted octanol–water partition coefficient (Wildman–Crippen LogP) is 4.35. The molecule has 1 aliphatic heterocycles. The Morgan fingerprint density at radius 1 is 1.03 bits per heavy atom. The zero-order valence-electron chi connectivity index (χ0n) is 17.6. The normalized spacial score (nSPS) is 16.9. The van der Waals surface area contributed by atoms with Gasteiger partial charge >= 0.3 is 0 Å². The molecule has 1 aliphatic rings. The molecule has 29 heavy (non-hydrogen) atoms. The van der Waals surface area contributed by atoms with E-state index in [0.29, 0.717) is 18.8 Å². The van der Waals surface area contributed by atoms with Crippen LogP contribution in [0.5, 0.6) is 0 Å². The summed E-state index contributed by atoms with van der Waals surface area (Å²) in [6.07, 6.45) is 0. The summed E-state index contributed by atoms with van der Waals surface area (Å²) < 4.78 is 0. The summed E-state index contributed by atoms with van der Waals surface area (Å²) in [5.74, 6) is 0.0178. The lowest BCUT2D eigenvalue weighted by Crippen LogP contribution is -2.53. The molecule has 1 atom stereocenters. The van der Waals surface area contributed by atoms with Gasteiger partial charge in [0.25, 0.3) is 5.91 Å². The number of H-pyrrole nitrogens is 1. The van der Waals surface area contributed by atoms with Crippen molar-refractivity contribution < 1.29 is 4.79 Å². The fraction of sp³-hybridized carbons (Fsp3) is 0.333. The lowest BCUT2D eigenvalue weighted by Gasteiger charge is -2.41. The number of anilines is 1. The van der Waals surface area contributed by atoms with E-state index >= 15 is 0 Å². The summed E-state index contributed by atoms with van der Waals surface area (Å²) in [5.41, 5.74) is 7.29. The molecule has 2 heterocycles. The molecule has 0 aliphatic carbocycles. The molecule has 5 nitrogen and oxygen atoms in total. The topological polar surface area (TPSA) is 52.2 Å². The van der Waals surface area contributed by atoms with Gasteiger partial charge in [0.2, 0.25) is 0 Å². The van der Waals surface area contributed by atoms with Crippen molar-refractivity contribution in [2.75, 3.05) is 24.5 Å². The Morgan fingerprint density at radius 2 is 1.83 bits per heavy atom. The number of aryl methyl sites for hydroxylation is 3. The Morgan fingerprint density at radius 3 is 2.55 bits per heavy atom. The van der Waals surface area contributed by atoms with Crippen molar-refractivity contribution in [2.24, 2.45) is 0 Å². The van der Waals surface area contributed by atoms with Crippen molar-refractivity contribution in [1.29, 1.82) is 0 Å². The molecular formula is C24H28N4O. The van der Waals surface area contributed by atoms with Gasteiger partial charge in [-0.05, 0) is 57.0 Å². The Labute approximate surface area is 172 Å². The molecule has 1 aromatic heterocycles. The molecule has 150 valence electrons. The van der Waals surface area contributed by atoms with Crippen LogP contribution >= 0.6 is 0 Å². The maximum Gasteiger partial charge on any atom is 0.272 e. The average Bonchev–Trinajstić information content (AvgIpc) is 3.17. The van der Waals surface area contributed by atoms with Crippen molar-refractivity contribution in [1.82, 2.24) is 15.1 Å². The minimum absolute atomic E-state index is 0.0178. The molecule has 0 saturated carbocycles. The van der Waals surface area contributed by atoms with Gasteiger partial charge in [-0.1, -0.05) is 35.9 Å². The van der Waals surface area contributed by atoms with Gasteiger partial charge in [-0.25, -0.2) is 0 Å². The highest BCUT2D eigenvalue weighted by molar-refractivity contribution is 5.93. The van der Waals surface area contributed by atoms with Gasteiger partial charge in [-0.15, -0.1) is 0 Å². The second-order valence-electron chi connectivity index (χ2n) is 8.12. The first-order chi connectivity index (χ1) is 13.9. The maximum absolute atomic E-state index is 13.1. The number of hydrogen-bond acceptors (Lipinski definition) is 3. The number of aromatic nitrogens is 2. The van der Waals surface area contributed by atoms with Crippen LogP contribution in [-0.4, -0.2) is 46.7 Å². The summed E-state index contributed by atoms with van der Waals surface area (Å²) in [7, 11) is 0. The first kappa shape index (κ1) is 19.2. The van der Waals surface area contributed by atoms with E-state index in [4.69, 9.17) is 0 Å². The van der Waals surface area contributed by atoms with E-state index in [0.717, 1.165) is 23.4 Å².